The zero-order valence-electron chi connectivity index (χ0n) is 10.2. The number of aromatic nitrogens is 2. The van der Waals surface area contributed by atoms with Gasteiger partial charge < -0.3 is 14.5 Å². The van der Waals surface area contributed by atoms with Crippen LogP contribution in [-0.2, 0) is 11.3 Å². The van der Waals surface area contributed by atoms with E-state index in [2.05, 4.69) is 4.98 Å². The Kier molecular flexibility index (Phi) is 3.02. The third kappa shape index (κ3) is 2.10. The van der Waals surface area contributed by atoms with Crippen LogP contribution in [0.2, 0.25) is 0 Å². The van der Waals surface area contributed by atoms with E-state index in [1.165, 1.54) is 0 Å². The topological polar surface area (TPSA) is 41.0 Å². The Balaban J connectivity index is 2.57. The van der Waals surface area contributed by atoms with Crippen molar-refractivity contribution in [1.82, 2.24) is 14.5 Å². The zero-order valence-corrected chi connectivity index (χ0v) is 11.0. The minimum atomic E-state index is 0.0326. The minimum Gasteiger partial charge on any atom is -0.347 e. The molecule has 0 spiro atoms. The van der Waals surface area contributed by atoms with Crippen LogP contribution in [0.1, 0.15) is 5.56 Å². The summed E-state index contributed by atoms with van der Waals surface area (Å²) in [6.07, 6.45) is 0. The molecule has 2 rings (SSSR count). The van der Waals surface area contributed by atoms with Crippen molar-refractivity contribution in [1.29, 1.82) is 0 Å². The van der Waals surface area contributed by atoms with Crippen LogP contribution in [0.15, 0.2) is 18.2 Å². The van der Waals surface area contributed by atoms with Crippen LogP contribution in [0, 0.1) is 11.7 Å². The fourth-order valence-electron chi connectivity index (χ4n) is 1.83. The Bertz CT molecular complexity index is 624. The molecule has 0 radical (unpaired) electrons. The van der Waals surface area contributed by atoms with E-state index >= 15 is 0 Å². The summed E-state index contributed by atoms with van der Waals surface area (Å²) in [5.74, 6) is 0.0326. The van der Waals surface area contributed by atoms with Gasteiger partial charge in [-0.3, -0.25) is 4.79 Å². The monoisotopic (exact) mass is 249 g/mol. The largest absolute Gasteiger partial charge is 0.347 e. The predicted octanol–water partition coefficient (Wildman–Crippen LogP) is 2.10. The summed E-state index contributed by atoms with van der Waals surface area (Å²) in [5, 5.41) is 0. The highest BCUT2D eigenvalue weighted by Crippen LogP contribution is 2.18. The summed E-state index contributed by atoms with van der Waals surface area (Å²) in [4.78, 5) is 16.4. The molecule has 90 valence electrons. The van der Waals surface area contributed by atoms with E-state index in [4.69, 9.17) is 12.2 Å². The number of nitrogens with zero attached hydrogens (tertiary/aromatic N) is 2. The van der Waals surface area contributed by atoms with Gasteiger partial charge in [0, 0.05) is 14.1 Å². The maximum absolute atomic E-state index is 11.8. The molecule has 1 heterocycles. The van der Waals surface area contributed by atoms with Crippen molar-refractivity contribution in [2.24, 2.45) is 0 Å². The molecule has 0 atom stereocenters. The molecule has 0 aliphatic carbocycles. The highest BCUT2D eigenvalue weighted by Gasteiger charge is 2.11. The first-order chi connectivity index (χ1) is 8.00. The quantitative estimate of drug-likeness (QED) is 0.828. The highest BCUT2D eigenvalue weighted by molar-refractivity contribution is 7.71. The molecule has 0 aliphatic heterocycles. The van der Waals surface area contributed by atoms with Crippen molar-refractivity contribution in [2.75, 3.05) is 14.1 Å². The summed E-state index contributed by atoms with van der Waals surface area (Å²) >= 11 is 5.25. The van der Waals surface area contributed by atoms with Gasteiger partial charge in [0.2, 0.25) is 5.91 Å². The number of amides is 1. The second kappa shape index (κ2) is 4.33. The van der Waals surface area contributed by atoms with E-state index in [9.17, 15) is 4.79 Å². The van der Waals surface area contributed by atoms with Gasteiger partial charge in [0.05, 0.1) is 11.0 Å². The fraction of sp³-hybridized carbons (Fsp3) is 0.333. The average Bonchev–Trinajstić information content (AvgIpc) is 2.56. The number of benzene rings is 1. The van der Waals surface area contributed by atoms with E-state index in [-0.39, 0.29) is 12.5 Å². The summed E-state index contributed by atoms with van der Waals surface area (Å²) in [6, 6.07) is 5.96. The van der Waals surface area contributed by atoms with E-state index in [0.29, 0.717) is 4.77 Å². The minimum absolute atomic E-state index is 0.0326. The molecule has 0 aliphatic rings. The lowest BCUT2D eigenvalue weighted by atomic mass is 10.2. The highest BCUT2D eigenvalue weighted by atomic mass is 32.1. The van der Waals surface area contributed by atoms with Crippen LogP contribution in [0.5, 0.6) is 0 Å². The van der Waals surface area contributed by atoms with Gasteiger partial charge in [-0.1, -0.05) is 12.1 Å². The number of likely N-dealkylation sites (N-methyl/N-ethyl adjacent to an activating group) is 1. The lowest BCUT2D eigenvalue weighted by molar-refractivity contribution is -0.129. The first-order valence-corrected chi connectivity index (χ1v) is 5.80. The Hall–Kier alpha value is -1.62. The van der Waals surface area contributed by atoms with Crippen molar-refractivity contribution in [2.45, 2.75) is 13.5 Å². The second-order valence-electron chi connectivity index (χ2n) is 4.28. The standard InChI is InChI=1S/C12H15N3OS/c1-8-5-4-6-9-11(8)15(12(17)13-9)7-10(16)14(2)3/h4-6H,7H2,1-3H3,(H,13,17). The van der Waals surface area contributed by atoms with Crippen LogP contribution in [0.4, 0.5) is 0 Å². The second-order valence-corrected chi connectivity index (χ2v) is 4.66. The summed E-state index contributed by atoms with van der Waals surface area (Å²) in [5.41, 5.74) is 3.09. The van der Waals surface area contributed by atoms with Crippen LogP contribution in [-0.4, -0.2) is 34.5 Å². The van der Waals surface area contributed by atoms with Crippen molar-refractivity contribution in [3.05, 3.63) is 28.5 Å². The van der Waals surface area contributed by atoms with Crippen LogP contribution in [0.25, 0.3) is 11.0 Å². The SMILES string of the molecule is Cc1cccc2[nH]c(=S)n(CC(=O)N(C)C)c12. The zero-order chi connectivity index (χ0) is 12.6. The molecule has 1 amide bonds. The van der Waals surface area contributed by atoms with Gasteiger partial charge in [0.1, 0.15) is 6.54 Å². The van der Waals surface area contributed by atoms with Gasteiger partial charge in [-0.05, 0) is 30.8 Å². The number of rotatable bonds is 2. The van der Waals surface area contributed by atoms with E-state index < -0.39 is 0 Å². The van der Waals surface area contributed by atoms with Gasteiger partial charge in [-0.15, -0.1) is 0 Å². The van der Waals surface area contributed by atoms with Gasteiger partial charge in [-0.25, -0.2) is 0 Å². The number of fused-ring (bicyclic) bond motifs is 1. The molecule has 5 heteroatoms. The number of carbonyl (C=O) groups excluding carboxylic acids is 1. The summed E-state index contributed by atoms with van der Waals surface area (Å²) in [6.45, 7) is 2.29. The third-order valence-corrected chi connectivity index (χ3v) is 3.11. The first kappa shape index (κ1) is 11.9. The lowest BCUT2D eigenvalue weighted by Gasteiger charge is -2.11. The van der Waals surface area contributed by atoms with Crippen LogP contribution >= 0.6 is 12.2 Å². The molecule has 17 heavy (non-hydrogen) atoms. The maximum atomic E-state index is 11.8. The molecular formula is C12H15N3OS. The molecular weight excluding hydrogens is 234 g/mol. The Morgan fingerprint density at radius 1 is 1.47 bits per heavy atom. The number of hydrogen-bond donors (Lipinski definition) is 1. The van der Waals surface area contributed by atoms with E-state index in [1.54, 1.807) is 19.0 Å². The summed E-state index contributed by atoms with van der Waals surface area (Å²) in [7, 11) is 3.49. The molecule has 0 fully saturated rings. The predicted molar refractivity (Wildman–Crippen MR) is 70.6 cm³/mol. The molecule has 1 aromatic heterocycles. The number of aryl methyl sites for hydroxylation is 1. The van der Waals surface area contributed by atoms with Crippen LogP contribution in [0.3, 0.4) is 0 Å². The van der Waals surface area contributed by atoms with Crippen molar-refractivity contribution < 1.29 is 4.79 Å². The number of hydrogen-bond acceptors (Lipinski definition) is 2. The molecule has 0 saturated heterocycles. The molecule has 0 saturated carbocycles. The van der Waals surface area contributed by atoms with E-state index in [0.717, 1.165) is 16.6 Å². The number of imidazole rings is 1. The Morgan fingerprint density at radius 3 is 2.82 bits per heavy atom. The third-order valence-electron chi connectivity index (χ3n) is 2.79. The molecule has 0 unspecified atom stereocenters. The number of nitrogens with one attached hydrogen (secondary N) is 1. The van der Waals surface area contributed by atoms with Gasteiger partial charge >= 0.3 is 0 Å². The van der Waals surface area contributed by atoms with Gasteiger partial charge in [-0.2, -0.15) is 0 Å². The number of carbonyl (C=O) groups is 1. The Labute approximate surface area is 105 Å². The van der Waals surface area contributed by atoms with Gasteiger partial charge in [0.25, 0.3) is 0 Å². The molecule has 1 N–H and O–H groups in total. The average molecular weight is 249 g/mol. The normalized spacial score (nSPS) is 10.8. The number of aromatic amines is 1. The van der Waals surface area contributed by atoms with Crippen LogP contribution < -0.4 is 0 Å². The lowest BCUT2D eigenvalue weighted by Crippen LogP contribution is -2.26. The van der Waals surface area contributed by atoms with Crippen molar-refractivity contribution >= 4 is 29.2 Å². The van der Waals surface area contributed by atoms with Gasteiger partial charge in [0.15, 0.2) is 4.77 Å². The first-order valence-electron chi connectivity index (χ1n) is 5.39. The molecule has 0 bridgehead atoms. The van der Waals surface area contributed by atoms with Crippen molar-refractivity contribution in [3.63, 3.8) is 0 Å². The summed E-state index contributed by atoms with van der Waals surface area (Å²) < 4.78 is 2.44. The van der Waals surface area contributed by atoms with E-state index in [1.807, 2.05) is 29.7 Å². The van der Waals surface area contributed by atoms with Crippen molar-refractivity contribution in [3.8, 4) is 0 Å². The Morgan fingerprint density at radius 2 is 2.18 bits per heavy atom. The smallest absolute Gasteiger partial charge is 0.242 e. The maximum Gasteiger partial charge on any atom is 0.242 e. The fourth-order valence-corrected chi connectivity index (χ4v) is 2.10. The molecule has 4 nitrogen and oxygen atoms in total. The molecule has 1 aromatic carbocycles. The number of H-pyrrole nitrogens is 1. The number of para-hydroxylation sites is 1. The molecule has 2 aromatic rings.